The van der Waals surface area contributed by atoms with Crippen LogP contribution in [0, 0.1) is 5.82 Å². The molecule has 0 aliphatic carbocycles. The Labute approximate surface area is 151 Å². The number of anilines is 2. The summed E-state index contributed by atoms with van der Waals surface area (Å²) in [6.45, 7) is 3.97. The molecule has 0 saturated heterocycles. The van der Waals surface area contributed by atoms with E-state index < -0.39 is 21.7 Å². The molecule has 1 heterocycles. The second-order valence-electron chi connectivity index (χ2n) is 6.36. The van der Waals surface area contributed by atoms with E-state index in [1.54, 1.807) is 12.1 Å². The lowest BCUT2D eigenvalue weighted by Crippen LogP contribution is -2.15. The van der Waals surface area contributed by atoms with Crippen LogP contribution in [-0.4, -0.2) is 26.7 Å². The normalized spacial score (nSPS) is 18.8. The number of para-hydroxylation sites is 1. The van der Waals surface area contributed by atoms with Crippen molar-refractivity contribution >= 4 is 27.3 Å². The summed E-state index contributed by atoms with van der Waals surface area (Å²) in [4.78, 5) is 12.6. The number of rotatable bonds is 4. The Morgan fingerprint density at radius 2 is 1.92 bits per heavy atom. The van der Waals surface area contributed by atoms with Gasteiger partial charge in [0.1, 0.15) is 17.7 Å². The minimum atomic E-state index is -3.64. The van der Waals surface area contributed by atoms with E-state index in [2.05, 4.69) is 10.0 Å². The number of benzene rings is 2. The van der Waals surface area contributed by atoms with Crippen LogP contribution < -0.4 is 14.8 Å². The number of sulfonamides is 1. The first-order valence-electron chi connectivity index (χ1n) is 8.04. The molecule has 1 amide bonds. The van der Waals surface area contributed by atoms with E-state index in [1.807, 2.05) is 19.9 Å². The third kappa shape index (κ3) is 3.65. The topological polar surface area (TPSA) is 84.5 Å². The lowest BCUT2D eigenvalue weighted by atomic mass is 9.97. The summed E-state index contributed by atoms with van der Waals surface area (Å²) < 4.78 is 44.3. The highest BCUT2D eigenvalue weighted by Gasteiger charge is 2.31. The Balaban J connectivity index is 1.87. The largest absolute Gasteiger partial charge is 0.489 e. The van der Waals surface area contributed by atoms with Crippen LogP contribution in [0.1, 0.15) is 35.7 Å². The van der Waals surface area contributed by atoms with E-state index in [4.69, 9.17) is 4.74 Å². The van der Waals surface area contributed by atoms with E-state index in [9.17, 15) is 17.6 Å². The molecule has 2 unspecified atom stereocenters. The van der Waals surface area contributed by atoms with Crippen LogP contribution in [0.2, 0.25) is 0 Å². The van der Waals surface area contributed by atoms with Gasteiger partial charge in [0.15, 0.2) is 0 Å². The number of halogens is 1. The third-order valence-corrected chi connectivity index (χ3v) is 4.90. The fourth-order valence-electron chi connectivity index (χ4n) is 2.84. The minimum absolute atomic E-state index is 0.0321. The molecule has 0 spiro atoms. The smallest absolute Gasteiger partial charge is 0.259 e. The molecule has 0 aromatic heterocycles. The maximum atomic E-state index is 13.8. The van der Waals surface area contributed by atoms with Crippen molar-refractivity contribution in [2.75, 3.05) is 16.3 Å². The molecule has 2 atom stereocenters. The number of carbonyl (C=O) groups is 1. The molecule has 2 N–H and O–H groups in total. The molecule has 26 heavy (non-hydrogen) atoms. The highest BCUT2D eigenvalue weighted by Crippen LogP contribution is 2.40. The summed E-state index contributed by atoms with van der Waals surface area (Å²) in [6.07, 6.45) is 0.889. The molecular formula is C18H19FN2O4S. The monoisotopic (exact) mass is 378 g/mol. The highest BCUT2D eigenvalue weighted by molar-refractivity contribution is 7.92. The van der Waals surface area contributed by atoms with Crippen LogP contribution in [0.15, 0.2) is 36.4 Å². The Bertz CT molecular complexity index is 975. The summed E-state index contributed by atoms with van der Waals surface area (Å²) in [5.41, 5.74) is 1.37. The summed E-state index contributed by atoms with van der Waals surface area (Å²) >= 11 is 0. The summed E-state index contributed by atoms with van der Waals surface area (Å²) in [5.74, 6) is -0.434. The van der Waals surface area contributed by atoms with Gasteiger partial charge in [-0.1, -0.05) is 19.1 Å². The molecule has 6 nitrogen and oxygen atoms in total. The van der Waals surface area contributed by atoms with Gasteiger partial charge >= 0.3 is 0 Å². The molecule has 1 aliphatic rings. The van der Waals surface area contributed by atoms with Crippen molar-refractivity contribution in [3.8, 4) is 5.75 Å². The quantitative estimate of drug-likeness (QED) is 0.855. The minimum Gasteiger partial charge on any atom is -0.489 e. The number of amides is 1. The van der Waals surface area contributed by atoms with Crippen LogP contribution in [0.4, 0.5) is 15.8 Å². The summed E-state index contributed by atoms with van der Waals surface area (Å²) in [7, 11) is -3.64. The summed E-state index contributed by atoms with van der Waals surface area (Å²) in [5, 5.41) is 2.65. The van der Waals surface area contributed by atoms with Crippen molar-refractivity contribution in [1.82, 2.24) is 0 Å². The predicted octanol–water partition coefficient (Wildman–Crippen LogP) is 3.33. The van der Waals surface area contributed by atoms with E-state index in [0.717, 1.165) is 17.9 Å². The van der Waals surface area contributed by atoms with Gasteiger partial charge in [-0.05, 0) is 31.2 Å². The van der Waals surface area contributed by atoms with Gasteiger partial charge in [-0.3, -0.25) is 9.52 Å². The zero-order valence-electron chi connectivity index (χ0n) is 14.5. The standard InChI is InChI=1S/C18H19FN2O4S/c1-10-11(2)25-17-13(10)5-4-6-14(17)18(22)20-12-7-8-15(19)16(9-12)21-26(3,23)24/h4-11,21H,1-3H3,(H,20,22). The Morgan fingerprint density at radius 1 is 1.19 bits per heavy atom. The van der Waals surface area contributed by atoms with Crippen LogP contribution in [-0.2, 0) is 10.0 Å². The van der Waals surface area contributed by atoms with E-state index >= 15 is 0 Å². The molecule has 0 saturated carbocycles. The number of hydrogen-bond acceptors (Lipinski definition) is 4. The van der Waals surface area contributed by atoms with Gasteiger partial charge in [0, 0.05) is 17.2 Å². The number of carbonyl (C=O) groups excluding carboxylic acids is 1. The Hall–Kier alpha value is -2.61. The Morgan fingerprint density at radius 3 is 2.62 bits per heavy atom. The van der Waals surface area contributed by atoms with Crippen molar-refractivity contribution in [1.29, 1.82) is 0 Å². The van der Waals surface area contributed by atoms with Crippen molar-refractivity contribution in [3.05, 3.63) is 53.3 Å². The first-order valence-corrected chi connectivity index (χ1v) is 9.93. The molecule has 0 bridgehead atoms. The average Bonchev–Trinajstić information content (AvgIpc) is 2.84. The maximum absolute atomic E-state index is 13.8. The SMILES string of the molecule is CC1Oc2c(C(=O)Nc3ccc(F)c(NS(C)(=O)=O)c3)cccc2C1C. The first-order chi connectivity index (χ1) is 12.2. The lowest BCUT2D eigenvalue weighted by molar-refractivity contribution is 0.102. The maximum Gasteiger partial charge on any atom is 0.259 e. The third-order valence-electron chi connectivity index (χ3n) is 4.31. The van der Waals surface area contributed by atoms with Gasteiger partial charge in [-0.15, -0.1) is 0 Å². The van der Waals surface area contributed by atoms with Crippen molar-refractivity contribution < 1.29 is 22.3 Å². The lowest BCUT2D eigenvalue weighted by Gasteiger charge is -2.12. The molecule has 2 aromatic rings. The molecule has 0 radical (unpaired) electrons. The van der Waals surface area contributed by atoms with Gasteiger partial charge in [0.05, 0.1) is 17.5 Å². The molecule has 8 heteroatoms. The second-order valence-corrected chi connectivity index (χ2v) is 8.11. The van der Waals surface area contributed by atoms with Crippen LogP contribution in [0.25, 0.3) is 0 Å². The molecule has 3 rings (SSSR count). The number of nitrogens with one attached hydrogen (secondary N) is 2. The van der Waals surface area contributed by atoms with Crippen molar-refractivity contribution in [3.63, 3.8) is 0 Å². The molecule has 1 aliphatic heterocycles. The first kappa shape index (κ1) is 18.2. The molecular weight excluding hydrogens is 359 g/mol. The van der Waals surface area contributed by atoms with Crippen molar-refractivity contribution in [2.45, 2.75) is 25.9 Å². The predicted molar refractivity (Wildman–Crippen MR) is 97.8 cm³/mol. The second kappa shape index (κ2) is 6.60. The van der Waals surface area contributed by atoms with E-state index in [1.165, 1.54) is 12.1 Å². The number of fused-ring (bicyclic) bond motifs is 1. The highest BCUT2D eigenvalue weighted by atomic mass is 32.2. The van der Waals surface area contributed by atoms with Gasteiger partial charge in [0.25, 0.3) is 5.91 Å². The van der Waals surface area contributed by atoms with Gasteiger partial charge in [-0.25, -0.2) is 12.8 Å². The molecule has 138 valence electrons. The van der Waals surface area contributed by atoms with Crippen molar-refractivity contribution in [2.24, 2.45) is 0 Å². The van der Waals surface area contributed by atoms with Crippen LogP contribution >= 0.6 is 0 Å². The number of hydrogen-bond donors (Lipinski definition) is 2. The molecule has 2 aromatic carbocycles. The summed E-state index contributed by atoms with van der Waals surface area (Å²) in [6, 6.07) is 9.02. The average molecular weight is 378 g/mol. The number of ether oxygens (including phenoxy) is 1. The fourth-order valence-corrected chi connectivity index (χ4v) is 3.40. The van der Waals surface area contributed by atoms with Gasteiger partial charge in [-0.2, -0.15) is 0 Å². The van der Waals surface area contributed by atoms with Crippen LogP contribution in [0.5, 0.6) is 5.75 Å². The van der Waals surface area contributed by atoms with E-state index in [0.29, 0.717) is 11.3 Å². The van der Waals surface area contributed by atoms with Gasteiger partial charge in [0.2, 0.25) is 10.0 Å². The fraction of sp³-hybridized carbons (Fsp3) is 0.278. The zero-order chi connectivity index (χ0) is 19.1. The molecule has 0 fully saturated rings. The zero-order valence-corrected chi connectivity index (χ0v) is 15.4. The van der Waals surface area contributed by atoms with Gasteiger partial charge < -0.3 is 10.1 Å². The van der Waals surface area contributed by atoms with E-state index in [-0.39, 0.29) is 23.4 Å². The van der Waals surface area contributed by atoms with Crippen LogP contribution in [0.3, 0.4) is 0 Å². The Kier molecular flexibility index (Phi) is 4.62.